The Kier molecular flexibility index (Phi) is 6.23. The second-order valence-corrected chi connectivity index (χ2v) is 7.04. The van der Waals surface area contributed by atoms with Gasteiger partial charge in [-0.25, -0.2) is 4.98 Å². The van der Waals surface area contributed by atoms with Gasteiger partial charge in [-0.15, -0.1) is 0 Å². The van der Waals surface area contributed by atoms with Crippen molar-refractivity contribution in [3.05, 3.63) is 60.3 Å². The quantitative estimate of drug-likeness (QED) is 0.801. The summed E-state index contributed by atoms with van der Waals surface area (Å²) in [6.45, 7) is 8.75. The van der Waals surface area contributed by atoms with E-state index in [0.29, 0.717) is 12.6 Å². The van der Waals surface area contributed by atoms with E-state index >= 15 is 0 Å². The van der Waals surface area contributed by atoms with Crippen molar-refractivity contribution in [3.63, 3.8) is 0 Å². The van der Waals surface area contributed by atoms with Crippen molar-refractivity contribution in [2.75, 3.05) is 37.6 Å². The van der Waals surface area contributed by atoms with Gasteiger partial charge in [0.15, 0.2) is 0 Å². The summed E-state index contributed by atoms with van der Waals surface area (Å²) in [6.07, 6.45) is 1.82. The number of benzene rings is 1. The van der Waals surface area contributed by atoms with E-state index < -0.39 is 0 Å². The molecule has 1 amide bonds. The number of nitrogens with zero attached hydrogens (tertiary/aromatic N) is 4. The van der Waals surface area contributed by atoms with Gasteiger partial charge < -0.3 is 9.80 Å². The molecule has 5 nitrogen and oxygen atoms in total. The highest BCUT2D eigenvalue weighted by Gasteiger charge is 2.24. The molecule has 138 valence electrons. The second-order valence-electron chi connectivity index (χ2n) is 7.04. The van der Waals surface area contributed by atoms with E-state index in [1.165, 1.54) is 5.56 Å². The first-order valence-corrected chi connectivity index (χ1v) is 9.35. The highest BCUT2D eigenvalue weighted by Crippen LogP contribution is 2.14. The summed E-state index contributed by atoms with van der Waals surface area (Å²) >= 11 is 0. The maximum atomic E-state index is 12.8. The number of carbonyl (C=O) groups is 1. The zero-order valence-electron chi connectivity index (χ0n) is 15.7. The number of pyridine rings is 1. The van der Waals surface area contributed by atoms with Crippen molar-refractivity contribution < 1.29 is 4.79 Å². The molecule has 0 N–H and O–H groups in total. The SMILES string of the molecule is CC(C)N(CC(=O)N1CCN(c2ccccn2)CC1)Cc1ccccc1. The highest BCUT2D eigenvalue weighted by molar-refractivity contribution is 5.78. The predicted molar refractivity (Wildman–Crippen MR) is 105 cm³/mol. The minimum Gasteiger partial charge on any atom is -0.353 e. The first-order chi connectivity index (χ1) is 12.6. The van der Waals surface area contributed by atoms with Crippen molar-refractivity contribution in [1.82, 2.24) is 14.8 Å². The van der Waals surface area contributed by atoms with Crippen LogP contribution in [0.4, 0.5) is 5.82 Å². The Morgan fingerprint density at radius 1 is 1.04 bits per heavy atom. The minimum atomic E-state index is 0.218. The minimum absolute atomic E-state index is 0.218. The van der Waals surface area contributed by atoms with Crippen LogP contribution in [0.5, 0.6) is 0 Å². The fourth-order valence-corrected chi connectivity index (χ4v) is 3.24. The van der Waals surface area contributed by atoms with E-state index in [1.54, 1.807) is 0 Å². The van der Waals surface area contributed by atoms with Crippen LogP contribution in [0.25, 0.3) is 0 Å². The lowest BCUT2D eigenvalue weighted by molar-refractivity contribution is -0.133. The number of aromatic nitrogens is 1. The lowest BCUT2D eigenvalue weighted by Crippen LogP contribution is -2.52. The van der Waals surface area contributed by atoms with Crippen LogP contribution in [0.15, 0.2) is 54.7 Å². The molecule has 1 aliphatic heterocycles. The molecule has 1 aliphatic rings. The van der Waals surface area contributed by atoms with Crippen molar-refractivity contribution in [2.45, 2.75) is 26.4 Å². The van der Waals surface area contributed by atoms with Gasteiger partial charge in [-0.2, -0.15) is 0 Å². The van der Waals surface area contributed by atoms with E-state index in [9.17, 15) is 4.79 Å². The van der Waals surface area contributed by atoms with Crippen molar-refractivity contribution in [2.24, 2.45) is 0 Å². The average molecular weight is 352 g/mol. The first kappa shape index (κ1) is 18.4. The number of amides is 1. The zero-order chi connectivity index (χ0) is 18.4. The number of anilines is 1. The largest absolute Gasteiger partial charge is 0.353 e. The van der Waals surface area contributed by atoms with Crippen LogP contribution in [0.3, 0.4) is 0 Å². The molecular formula is C21H28N4O. The Balaban J connectivity index is 1.54. The Morgan fingerprint density at radius 2 is 1.73 bits per heavy atom. The van der Waals surface area contributed by atoms with Crippen LogP contribution in [0.2, 0.25) is 0 Å². The normalized spacial score (nSPS) is 14.9. The van der Waals surface area contributed by atoms with Gasteiger partial charge in [0.2, 0.25) is 5.91 Å². The monoisotopic (exact) mass is 352 g/mol. The van der Waals surface area contributed by atoms with Gasteiger partial charge in [-0.05, 0) is 31.5 Å². The maximum absolute atomic E-state index is 12.8. The lowest BCUT2D eigenvalue weighted by Gasteiger charge is -2.37. The topological polar surface area (TPSA) is 39.7 Å². The number of rotatable bonds is 6. The van der Waals surface area contributed by atoms with Crippen LogP contribution in [-0.2, 0) is 11.3 Å². The zero-order valence-corrected chi connectivity index (χ0v) is 15.7. The van der Waals surface area contributed by atoms with Crippen molar-refractivity contribution in [3.8, 4) is 0 Å². The van der Waals surface area contributed by atoms with Gasteiger partial charge in [0.1, 0.15) is 5.82 Å². The molecule has 1 fully saturated rings. The molecule has 0 aliphatic carbocycles. The van der Waals surface area contributed by atoms with Crippen molar-refractivity contribution >= 4 is 11.7 Å². The van der Waals surface area contributed by atoms with Crippen LogP contribution in [0.1, 0.15) is 19.4 Å². The number of piperazine rings is 1. The molecule has 0 saturated carbocycles. The third-order valence-corrected chi connectivity index (χ3v) is 4.90. The fourth-order valence-electron chi connectivity index (χ4n) is 3.24. The molecule has 3 rings (SSSR count). The summed E-state index contributed by atoms with van der Waals surface area (Å²) in [7, 11) is 0. The van der Waals surface area contributed by atoms with Gasteiger partial charge >= 0.3 is 0 Å². The molecule has 0 atom stereocenters. The Bertz CT molecular complexity index is 682. The van der Waals surface area contributed by atoms with E-state index in [1.807, 2.05) is 47.5 Å². The maximum Gasteiger partial charge on any atom is 0.236 e. The third kappa shape index (κ3) is 4.82. The van der Waals surface area contributed by atoms with Crippen LogP contribution in [-0.4, -0.2) is 59.5 Å². The summed E-state index contributed by atoms with van der Waals surface area (Å²) in [5.74, 6) is 1.21. The molecule has 2 heterocycles. The molecule has 0 unspecified atom stereocenters. The van der Waals surface area contributed by atoms with Crippen LogP contribution < -0.4 is 4.90 Å². The smallest absolute Gasteiger partial charge is 0.236 e. The molecule has 1 saturated heterocycles. The van der Waals surface area contributed by atoms with E-state index in [2.05, 4.69) is 40.8 Å². The van der Waals surface area contributed by atoms with Gasteiger partial charge in [0, 0.05) is 45.0 Å². The van der Waals surface area contributed by atoms with Crippen molar-refractivity contribution in [1.29, 1.82) is 0 Å². The Morgan fingerprint density at radius 3 is 2.35 bits per heavy atom. The summed E-state index contributed by atoms with van der Waals surface area (Å²) in [6, 6.07) is 16.6. The lowest BCUT2D eigenvalue weighted by atomic mass is 10.2. The fraction of sp³-hybridized carbons (Fsp3) is 0.429. The Labute approximate surface area is 156 Å². The number of hydrogen-bond donors (Lipinski definition) is 0. The molecule has 0 spiro atoms. The van der Waals surface area contributed by atoms with Crippen LogP contribution >= 0.6 is 0 Å². The number of carbonyl (C=O) groups excluding carboxylic acids is 1. The highest BCUT2D eigenvalue weighted by atomic mass is 16.2. The summed E-state index contributed by atoms with van der Waals surface area (Å²) in [5.41, 5.74) is 1.24. The molecule has 26 heavy (non-hydrogen) atoms. The third-order valence-electron chi connectivity index (χ3n) is 4.90. The molecule has 5 heteroatoms. The van der Waals surface area contributed by atoms with E-state index in [4.69, 9.17) is 0 Å². The summed E-state index contributed by atoms with van der Waals surface area (Å²) in [5, 5.41) is 0. The standard InChI is InChI=1S/C21H28N4O/c1-18(2)25(16-19-8-4-3-5-9-19)17-21(26)24-14-12-23(13-15-24)20-10-6-7-11-22-20/h3-11,18H,12-17H2,1-2H3. The molecule has 0 radical (unpaired) electrons. The molecule has 1 aromatic heterocycles. The first-order valence-electron chi connectivity index (χ1n) is 9.35. The predicted octanol–water partition coefficient (Wildman–Crippen LogP) is 2.64. The molecular weight excluding hydrogens is 324 g/mol. The second kappa shape index (κ2) is 8.81. The van der Waals surface area contributed by atoms with Gasteiger partial charge in [-0.1, -0.05) is 36.4 Å². The van der Waals surface area contributed by atoms with Gasteiger partial charge in [-0.3, -0.25) is 9.69 Å². The van der Waals surface area contributed by atoms with E-state index in [-0.39, 0.29) is 5.91 Å². The molecule has 0 bridgehead atoms. The summed E-state index contributed by atoms with van der Waals surface area (Å²) in [4.78, 5) is 23.7. The Hall–Kier alpha value is -2.40. The van der Waals surface area contributed by atoms with Gasteiger partial charge in [0.25, 0.3) is 0 Å². The summed E-state index contributed by atoms with van der Waals surface area (Å²) < 4.78 is 0. The number of hydrogen-bond acceptors (Lipinski definition) is 4. The molecule has 1 aromatic carbocycles. The van der Waals surface area contributed by atoms with Gasteiger partial charge in [0.05, 0.1) is 6.54 Å². The molecule has 2 aromatic rings. The van der Waals surface area contributed by atoms with E-state index in [0.717, 1.165) is 38.5 Å². The van der Waals surface area contributed by atoms with Crippen LogP contribution in [0, 0.1) is 0 Å². The average Bonchev–Trinajstić information content (AvgIpc) is 2.69.